The van der Waals surface area contributed by atoms with Gasteiger partial charge in [0.25, 0.3) is 0 Å². The Morgan fingerprint density at radius 2 is 1.72 bits per heavy atom. The average molecular weight is 550 g/mol. The summed E-state index contributed by atoms with van der Waals surface area (Å²) >= 11 is 1.24. The van der Waals surface area contributed by atoms with Crippen LogP contribution in [-0.2, 0) is 4.79 Å². The summed E-state index contributed by atoms with van der Waals surface area (Å²) in [5, 5.41) is 33.0. The maximum Gasteiger partial charge on any atom is 0.305 e. The number of carbonyl (C=O) groups is 1. The monoisotopic (exact) mass is 549 g/mol. The summed E-state index contributed by atoms with van der Waals surface area (Å²) < 4.78 is 18.1. The van der Waals surface area contributed by atoms with E-state index in [0.717, 1.165) is 10.6 Å². The Labute approximate surface area is 228 Å². The number of aliphatic hydroxyl groups excluding tert-OH is 2. The third-order valence-corrected chi connectivity index (χ3v) is 6.48. The van der Waals surface area contributed by atoms with Gasteiger partial charge in [0.2, 0.25) is 11.9 Å². The van der Waals surface area contributed by atoms with Crippen LogP contribution < -0.4 is 5.32 Å². The first-order valence-corrected chi connectivity index (χ1v) is 13.1. The number of carboxylic acid groups (broad SMARTS) is 1. The highest BCUT2D eigenvalue weighted by Crippen LogP contribution is 2.32. The lowest BCUT2D eigenvalue weighted by molar-refractivity contribution is -0.139. The first kappa shape index (κ1) is 28.0. The molecule has 0 bridgehead atoms. The molecule has 202 valence electrons. The molecule has 2 aromatic heterocycles. The molecule has 0 aliphatic rings. The summed E-state index contributed by atoms with van der Waals surface area (Å²) in [6.07, 6.45) is 0.189. The molecule has 39 heavy (non-hydrogen) atoms. The van der Waals surface area contributed by atoms with Crippen LogP contribution in [0.15, 0.2) is 60.7 Å². The summed E-state index contributed by atoms with van der Waals surface area (Å²) in [4.78, 5) is 24.8. The normalized spacial score (nSPS) is 13.1. The van der Waals surface area contributed by atoms with E-state index in [1.54, 1.807) is 18.2 Å². The number of benzene rings is 2. The van der Waals surface area contributed by atoms with Crippen LogP contribution in [0.2, 0.25) is 0 Å². The molecule has 0 aliphatic heterocycles. The molecular formula is C28H28FN5O4S. The van der Waals surface area contributed by atoms with E-state index in [-0.39, 0.29) is 18.3 Å². The molecule has 11 heteroatoms. The number of hydrogen-bond donors (Lipinski definition) is 4. The van der Waals surface area contributed by atoms with Gasteiger partial charge in [-0.15, -0.1) is 0 Å². The van der Waals surface area contributed by atoms with Crippen LogP contribution >= 0.6 is 11.5 Å². The van der Waals surface area contributed by atoms with Crippen LogP contribution in [0.1, 0.15) is 43.9 Å². The van der Waals surface area contributed by atoms with Gasteiger partial charge in [0.15, 0.2) is 0 Å². The van der Waals surface area contributed by atoms with E-state index in [2.05, 4.69) is 14.7 Å². The molecule has 0 radical (unpaired) electrons. The molecule has 4 rings (SSSR count). The Kier molecular flexibility index (Phi) is 9.07. The standard InChI is InChI=1S/C28H28FN5O4S/c1-16(2)24-22(13-12-20(35)14-21(36)15-23(37)38)25(17-8-10-19(29)11-9-17)31-27(30-24)33-28-32-26(39-34-28)18-6-4-3-5-7-18/h3-13,16,20-21,35-36H,14-15H2,1-2H3,(H,37,38)(H,30,31,33,34)/b13-12+/t20-,21-/m1/s1. The molecule has 9 nitrogen and oxygen atoms in total. The van der Waals surface area contributed by atoms with Crippen molar-refractivity contribution in [2.24, 2.45) is 0 Å². The highest BCUT2D eigenvalue weighted by atomic mass is 32.1. The van der Waals surface area contributed by atoms with Crippen molar-refractivity contribution in [2.75, 3.05) is 5.32 Å². The number of halogens is 1. The SMILES string of the molecule is CC(C)c1nc(Nc2nsc(-c3ccccc3)n2)nc(-c2ccc(F)cc2)c1/C=C/[C@@H](O)C[C@@H](O)CC(=O)O. The van der Waals surface area contributed by atoms with Crippen LogP contribution in [0.25, 0.3) is 27.9 Å². The molecule has 2 atom stereocenters. The molecule has 0 saturated heterocycles. The molecule has 4 aromatic rings. The topological polar surface area (TPSA) is 141 Å². The molecule has 0 saturated carbocycles. The van der Waals surface area contributed by atoms with Crippen molar-refractivity contribution < 1.29 is 24.5 Å². The number of aromatic nitrogens is 4. The first-order valence-electron chi connectivity index (χ1n) is 12.3. The number of anilines is 2. The van der Waals surface area contributed by atoms with Crippen molar-refractivity contribution in [3.63, 3.8) is 0 Å². The van der Waals surface area contributed by atoms with Gasteiger partial charge in [-0.25, -0.2) is 14.4 Å². The largest absolute Gasteiger partial charge is 0.481 e. The summed E-state index contributed by atoms with van der Waals surface area (Å²) in [5.74, 6) is -1.02. The minimum Gasteiger partial charge on any atom is -0.481 e. The molecule has 0 unspecified atom stereocenters. The van der Waals surface area contributed by atoms with Gasteiger partial charge < -0.3 is 15.3 Å². The number of carboxylic acids is 1. The number of aliphatic hydroxyl groups is 2. The number of nitrogens with zero attached hydrogens (tertiary/aromatic N) is 4. The van der Waals surface area contributed by atoms with Gasteiger partial charge in [-0.3, -0.25) is 10.1 Å². The molecule has 0 amide bonds. The van der Waals surface area contributed by atoms with Crippen molar-refractivity contribution in [3.05, 3.63) is 77.7 Å². The fourth-order valence-corrected chi connectivity index (χ4v) is 4.52. The molecule has 2 heterocycles. The van der Waals surface area contributed by atoms with Crippen LogP contribution in [0.5, 0.6) is 0 Å². The first-order chi connectivity index (χ1) is 18.7. The zero-order valence-electron chi connectivity index (χ0n) is 21.3. The summed E-state index contributed by atoms with van der Waals surface area (Å²) in [6, 6.07) is 15.5. The minimum absolute atomic E-state index is 0.0644. The molecule has 4 N–H and O–H groups in total. The van der Waals surface area contributed by atoms with Crippen molar-refractivity contribution in [3.8, 4) is 21.8 Å². The van der Waals surface area contributed by atoms with Crippen LogP contribution in [-0.4, -0.2) is 52.8 Å². The Morgan fingerprint density at radius 1 is 1.00 bits per heavy atom. The fraction of sp³-hybridized carbons (Fsp3) is 0.250. The Hall–Kier alpha value is -4.06. The fourth-order valence-electron chi connectivity index (χ4n) is 3.90. The highest BCUT2D eigenvalue weighted by molar-refractivity contribution is 7.09. The van der Waals surface area contributed by atoms with E-state index in [4.69, 9.17) is 15.1 Å². The lowest BCUT2D eigenvalue weighted by atomic mass is 9.97. The Morgan fingerprint density at radius 3 is 2.38 bits per heavy atom. The number of aliphatic carboxylic acids is 1. The van der Waals surface area contributed by atoms with Crippen molar-refractivity contribution >= 4 is 35.5 Å². The molecule has 0 aliphatic carbocycles. The van der Waals surface area contributed by atoms with Crippen LogP contribution in [0.4, 0.5) is 16.3 Å². The summed E-state index contributed by atoms with van der Waals surface area (Å²) in [7, 11) is 0. The number of hydrogen-bond acceptors (Lipinski definition) is 9. The predicted molar refractivity (Wildman–Crippen MR) is 148 cm³/mol. The molecule has 0 fully saturated rings. The quantitative estimate of drug-likeness (QED) is 0.197. The zero-order valence-corrected chi connectivity index (χ0v) is 22.1. The van der Waals surface area contributed by atoms with Crippen molar-refractivity contribution in [2.45, 2.75) is 44.8 Å². The third-order valence-electron chi connectivity index (χ3n) is 5.72. The maximum absolute atomic E-state index is 13.7. The van der Waals surface area contributed by atoms with E-state index in [1.165, 1.54) is 29.7 Å². The molecular weight excluding hydrogens is 521 g/mol. The second-order valence-electron chi connectivity index (χ2n) is 9.18. The van der Waals surface area contributed by atoms with Crippen LogP contribution in [0.3, 0.4) is 0 Å². The Balaban J connectivity index is 1.70. The van der Waals surface area contributed by atoms with E-state index in [0.29, 0.717) is 28.5 Å². The van der Waals surface area contributed by atoms with Gasteiger partial charge >= 0.3 is 5.97 Å². The zero-order chi connectivity index (χ0) is 27.9. The summed E-state index contributed by atoms with van der Waals surface area (Å²) in [6.45, 7) is 3.92. The van der Waals surface area contributed by atoms with Gasteiger partial charge in [0, 0.05) is 23.1 Å². The molecule has 0 spiro atoms. The third kappa shape index (κ3) is 7.50. The van der Waals surface area contributed by atoms with Gasteiger partial charge in [-0.2, -0.15) is 9.36 Å². The van der Waals surface area contributed by atoms with E-state index in [9.17, 15) is 19.4 Å². The average Bonchev–Trinajstić information content (AvgIpc) is 3.36. The lowest BCUT2D eigenvalue weighted by Gasteiger charge is -2.16. The highest BCUT2D eigenvalue weighted by Gasteiger charge is 2.19. The van der Waals surface area contributed by atoms with E-state index >= 15 is 0 Å². The van der Waals surface area contributed by atoms with Gasteiger partial charge in [-0.05, 0) is 41.7 Å². The lowest BCUT2D eigenvalue weighted by Crippen LogP contribution is -2.19. The van der Waals surface area contributed by atoms with Crippen molar-refractivity contribution in [1.29, 1.82) is 0 Å². The Bertz CT molecular complexity index is 1440. The summed E-state index contributed by atoms with van der Waals surface area (Å²) in [5.41, 5.74) is 3.31. The van der Waals surface area contributed by atoms with Gasteiger partial charge in [0.05, 0.1) is 30.0 Å². The predicted octanol–water partition coefficient (Wildman–Crippen LogP) is 5.27. The smallest absolute Gasteiger partial charge is 0.305 e. The maximum atomic E-state index is 13.7. The number of rotatable bonds is 11. The second-order valence-corrected chi connectivity index (χ2v) is 9.94. The second kappa shape index (κ2) is 12.7. The van der Waals surface area contributed by atoms with E-state index < -0.39 is 30.4 Å². The molecule has 2 aromatic carbocycles. The van der Waals surface area contributed by atoms with E-state index in [1.807, 2.05) is 44.2 Å². The van der Waals surface area contributed by atoms with Gasteiger partial charge in [0.1, 0.15) is 10.8 Å². The van der Waals surface area contributed by atoms with Gasteiger partial charge in [-0.1, -0.05) is 56.3 Å². The number of nitrogens with one attached hydrogen (secondary N) is 1. The van der Waals surface area contributed by atoms with Crippen molar-refractivity contribution in [1.82, 2.24) is 19.3 Å². The van der Waals surface area contributed by atoms with Crippen LogP contribution in [0, 0.1) is 5.82 Å². The minimum atomic E-state index is -1.20.